The van der Waals surface area contributed by atoms with Crippen molar-refractivity contribution >= 4 is 0 Å². The lowest BCUT2D eigenvalue weighted by atomic mass is 9.93. The van der Waals surface area contributed by atoms with Gasteiger partial charge >= 0.3 is 0 Å². The summed E-state index contributed by atoms with van der Waals surface area (Å²) in [6.07, 6.45) is 2.23. The van der Waals surface area contributed by atoms with Crippen molar-refractivity contribution in [3.63, 3.8) is 0 Å². The molecule has 6 nitrogen and oxygen atoms in total. The zero-order valence-electron chi connectivity index (χ0n) is 10.4. The highest BCUT2D eigenvalue weighted by Gasteiger charge is 2.31. The summed E-state index contributed by atoms with van der Waals surface area (Å²) >= 11 is 0. The molecule has 0 amide bonds. The van der Waals surface area contributed by atoms with E-state index in [1.54, 1.807) is 17.8 Å². The van der Waals surface area contributed by atoms with Crippen molar-refractivity contribution in [1.29, 1.82) is 0 Å². The van der Waals surface area contributed by atoms with Gasteiger partial charge < -0.3 is 15.2 Å². The first-order chi connectivity index (χ1) is 8.13. The number of rotatable bonds is 4. The molecular weight excluding hydrogens is 220 g/mol. The van der Waals surface area contributed by atoms with Crippen molar-refractivity contribution in [3.8, 4) is 0 Å². The minimum Gasteiger partial charge on any atom is -0.384 e. The van der Waals surface area contributed by atoms with Gasteiger partial charge in [0.05, 0.1) is 25.1 Å². The third kappa shape index (κ3) is 2.83. The van der Waals surface area contributed by atoms with E-state index >= 15 is 0 Å². The Morgan fingerprint density at radius 1 is 1.71 bits per heavy atom. The zero-order chi connectivity index (χ0) is 12.3. The molecule has 96 valence electrons. The van der Waals surface area contributed by atoms with Crippen molar-refractivity contribution in [3.05, 3.63) is 11.9 Å². The molecule has 1 saturated heterocycles. The van der Waals surface area contributed by atoms with Gasteiger partial charge in [-0.05, 0) is 20.3 Å². The fraction of sp³-hybridized carbons (Fsp3) is 0.818. The molecule has 2 heterocycles. The maximum absolute atomic E-state index is 10.5. The lowest BCUT2D eigenvalue weighted by molar-refractivity contribution is -0.00229. The predicted molar refractivity (Wildman–Crippen MR) is 62.5 cm³/mol. The molecule has 0 aromatic carbocycles. The molecule has 0 aliphatic carbocycles. The van der Waals surface area contributed by atoms with Crippen molar-refractivity contribution in [2.24, 2.45) is 0 Å². The van der Waals surface area contributed by atoms with Gasteiger partial charge in [0.15, 0.2) is 0 Å². The number of nitrogens with zero attached hydrogens (tertiary/aromatic N) is 3. The summed E-state index contributed by atoms with van der Waals surface area (Å²) < 4.78 is 7.12. The number of nitrogens with one attached hydrogen (secondary N) is 1. The van der Waals surface area contributed by atoms with Gasteiger partial charge in [0.2, 0.25) is 0 Å². The molecule has 2 rings (SSSR count). The third-order valence-electron chi connectivity index (χ3n) is 3.11. The summed E-state index contributed by atoms with van der Waals surface area (Å²) in [5.41, 5.74) is -0.176. The second-order valence-electron chi connectivity index (χ2n) is 4.64. The molecule has 1 fully saturated rings. The highest BCUT2D eigenvalue weighted by molar-refractivity contribution is 5.07. The zero-order valence-corrected chi connectivity index (χ0v) is 10.4. The predicted octanol–water partition coefficient (Wildman–Crippen LogP) is -0.116. The Bertz CT molecular complexity index is 358. The Morgan fingerprint density at radius 3 is 3.18 bits per heavy atom. The number of morpholine rings is 1. The maximum Gasteiger partial charge on any atom is 0.107 e. The van der Waals surface area contributed by atoms with E-state index in [9.17, 15) is 5.11 Å². The van der Waals surface area contributed by atoms with E-state index in [1.807, 2.05) is 6.92 Å². The molecule has 1 aromatic rings. The second-order valence-corrected chi connectivity index (χ2v) is 4.64. The smallest absolute Gasteiger partial charge is 0.107 e. The standard InChI is InChI=1S/C11H20N4O2/c1-3-15-10(7-13-14-15)11(2,16)6-9-8-17-5-4-12-9/h7,9,12,16H,3-6,8H2,1-2H3. The minimum atomic E-state index is -0.933. The van der Waals surface area contributed by atoms with Crippen molar-refractivity contribution < 1.29 is 9.84 Å². The molecule has 2 atom stereocenters. The third-order valence-corrected chi connectivity index (χ3v) is 3.11. The lowest BCUT2D eigenvalue weighted by Gasteiger charge is -2.31. The van der Waals surface area contributed by atoms with E-state index in [2.05, 4.69) is 15.6 Å². The average molecular weight is 240 g/mol. The number of hydrogen-bond acceptors (Lipinski definition) is 5. The summed E-state index contributed by atoms with van der Waals surface area (Å²) in [5, 5.41) is 21.7. The maximum atomic E-state index is 10.5. The van der Waals surface area contributed by atoms with Crippen molar-refractivity contribution in [2.75, 3.05) is 19.8 Å². The van der Waals surface area contributed by atoms with Gasteiger partial charge in [-0.15, -0.1) is 5.10 Å². The van der Waals surface area contributed by atoms with Gasteiger partial charge in [-0.2, -0.15) is 0 Å². The molecule has 2 N–H and O–H groups in total. The molecule has 0 bridgehead atoms. The normalized spacial score (nSPS) is 24.5. The summed E-state index contributed by atoms with van der Waals surface area (Å²) in [6.45, 7) is 6.72. The van der Waals surface area contributed by atoms with Crippen LogP contribution < -0.4 is 5.32 Å². The Kier molecular flexibility index (Phi) is 3.76. The fourth-order valence-corrected chi connectivity index (χ4v) is 2.24. The highest BCUT2D eigenvalue weighted by Crippen LogP contribution is 2.25. The average Bonchev–Trinajstić information content (AvgIpc) is 2.78. The molecule has 0 spiro atoms. The monoisotopic (exact) mass is 240 g/mol. The number of aromatic nitrogens is 3. The molecular formula is C11H20N4O2. The van der Waals surface area contributed by atoms with Crippen molar-refractivity contribution in [2.45, 2.75) is 38.5 Å². The van der Waals surface area contributed by atoms with Crippen LogP contribution in [0.15, 0.2) is 6.20 Å². The topological polar surface area (TPSA) is 72.2 Å². The van der Waals surface area contributed by atoms with Crippen LogP contribution in [0.25, 0.3) is 0 Å². The number of aryl methyl sites for hydroxylation is 1. The summed E-state index contributed by atoms with van der Waals surface area (Å²) in [6, 6.07) is 0.180. The molecule has 1 aliphatic rings. The van der Waals surface area contributed by atoms with Crippen LogP contribution in [-0.4, -0.2) is 45.9 Å². The van der Waals surface area contributed by atoms with Crippen LogP contribution >= 0.6 is 0 Å². The first-order valence-electron chi connectivity index (χ1n) is 6.06. The van der Waals surface area contributed by atoms with Gasteiger partial charge in [-0.25, -0.2) is 4.68 Å². The molecule has 2 unspecified atom stereocenters. The van der Waals surface area contributed by atoms with Gasteiger partial charge in [0.25, 0.3) is 0 Å². The molecule has 0 radical (unpaired) electrons. The van der Waals surface area contributed by atoms with E-state index in [4.69, 9.17) is 4.74 Å². The van der Waals surface area contributed by atoms with Gasteiger partial charge in [-0.3, -0.25) is 0 Å². The van der Waals surface area contributed by atoms with E-state index in [-0.39, 0.29) is 6.04 Å². The number of ether oxygens (including phenoxy) is 1. The van der Waals surface area contributed by atoms with E-state index in [0.717, 1.165) is 18.8 Å². The van der Waals surface area contributed by atoms with Crippen LogP contribution in [0.4, 0.5) is 0 Å². The Balaban J connectivity index is 2.06. The first-order valence-corrected chi connectivity index (χ1v) is 6.06. The van der Waals surface area contributed by atoms with E-state index < -0.39 is 5.60 Å². The van der Waals surface area contributed by atoms with E-state index in [0.29, 0.717) is 19.6 Å². The van der Waals surface area contributed by atoms with Gasteiger partial charge in [0, 0.05) is 19.1 Å². The largest absolute Gasteiger partial charge is 0.384 e. The van der Waals surface area contributed by atoms with Gasteiger partial charge in [0.1, 0.15) is 5.60 Å². The molecule has 1 aromatic heterocycles. The van der Waals surface area contributed by atoms with Crippen LogP contribution in [0.5, 0.6) is 0 Å². The second kappa shape index (κ2) is 5.12. The molecule has 6 heteroatoms. The molecule has 17 heavy (non-hydrogen) atoms. The Hall–Kier alpha value is -0.980. The quantitative estimate of drug-likeness (QED) is 0.768. The van der Waals surface area contributed by atoms with Crippen LogP contribution in [0.3, 0.4) is 0 Å². The van der Waals surface area contributed by atoms with Crippen molar-refractivity contribution in [1.82, 2.24) is 20.3 Å². The Morgan fingerprint density at radius 2 is 2.53 bits per heavy atom. The minimum absolute atomic E-state index is 0.180. The first kappa shape index (κ1) is 12.5. The number of hydrogen-bond donors (Lipinski definition) is 2. The Labute approximate surface area is 101 Å². The SMILES string of the molecule is CCn1nncc1C(C)(O)CC1COCCN1. The lowest BCUT2D eigenvalue weighted by Crippen LogP contribution is -2.45. The summed E-state index contributed by atoms with van der Waals surface area (Å²) in [4.78, 5) is 0. The van der Waals surface area contributed by atoms with Crippen LogP contribution in [-0.2, 0) is 16.9 Å². The molecule has 1 aliphatic heterocycles. The van der Waals surface area contributed by atoms with Crippen LogP contribution in [0, 0.1) is 0 Å². The molecule has 0 saturated carbocycles. The van der Waals surface area contributed by atoms with Crippen LogP contribution in [0.1, 0.15) is 26.0 Å². The van der Waals surface area contributed by atoms with Gasteiger partial charge in [-0.1, -0.05) is 5.21 Å². The summed E-state index contributed by atoms with van der Waals surface area (Å²) in [7, 11) is 0. The summed E-state index contributed by atoms with van der Waals surface area (Å²) in [5.74, 6) is 0. The highest BCUT2D eigenvalue weighted by atomic mass is 16.5. The van der Waals surface area contributed by atoms with Crippen LogP contribution in [0.2, 0.25) is 0 Å². The fourth-order valence-electron chi connectivity index (χ4n) is 2.24. The number of aliphatic hydroxyl groups is 1. The van der Waals surface area contributed by atoms with E-state index in [1.165, 1.54) is 0 Å².